The molecule has 0 aromatic heterocycles. The van der Waals surface area contributed by atoms with Crippen molar-refractivity contribution in [3.63, 3.8) is 0 Å². The number of benzene rings is 1. The van der Waals surface area contributed by atoms with E-state index in [1.165, 1.54) is 0 Å². The van der Waals surface area contributed by atoms with E-state index in [-0.39, 0.29) is 18.4 Å². The van der Waals surface area contributed by atoms with Crippen molar-refractivity contribution in [2.24, 2.45) is 5.92 Å². The van der Waals surface area contributed by atoms with Crippen LogP contribution >= 0.6 is 0 Å². The zero-order valence-electron chi connectivity index (χ0n) is 10.7. The summed E-state index contributed by atoms with van der Waals surface area (Å²) in [4.78, 5) is 22.6. The Morgan fingerprint density at radius 3 is 2.39 bits per heavy atom. The maximum absolute atomic E-state index is 11.9. The Morgan fingerprint density at radius 1 is 1.28 bits per heavy atom. The van der Waals surface area contributed by atoms with Gasteiger partial charge in [0.25, 0.3) is 0 Å². The van der Waals surface area contributed by atoms with Crippen LogP contribution in [0.5, 0.6) is 0 Å². The Hall–Kier alpha value is -1.84. The number of aliphatic carboxylic acids is 1. The van der Waals surface area contributed by atoms with E-state index in [1.807, 2.05) is 44.2 Å². The fourth-order valence-corrected chi connectivity index (χ4v) is 1.79. The van der Waals surface area contributed by atoms with E-state index in [4.69, 9.17) is 5.11 Å². The number of hydrogen-bond donors (Lipinski definition) is 2. The van der Waals surface area contributed by atoms with Crippen LogP contribution in [-0.2, 0) is 9.59 Å². The molecule has 98 valence electrons. The average molecular weight is 249 g/mol. The van der Waals surface area contributed by atoms with Gasteiger partial charge in [-0.05, 0) is 18.9 Å². The number of carbonyl (C=O) groups is 2. The quantitative estimate of drug-likeness (QED) is 0.813. The smallest absolute Gasteiger partial charge is 0.304 e. The number of carboxylic acid groups (broad SMARTS) is 1. The molecule has 1 amide bonds. The minimum atomic E-state index is -0.940. The molecular formula is C14H19NO3. The van der Waals surface area contributed by atoms with Gasteiger partial charge in [0.1, 0.15) is 0 Å². The average Bonchev–Trinajstić information content (AvgIpc) is 2.36. The van der Waals surface area contributed by atoms with Gasteiger partial charge in [-0.2, -0.15) is 0 Å². The van der Waals surface area contributed by atoms with Crippen molar-refractivity contribution in [1.82, 2.24) is 5.32 Å². The highest BCUT2D eigenvalue weighted by molar-refractivity contribution is 5.83. The van der Waals surface area contributed by atoms with E-state index in [9.17, 15) is 9.59 Å². The van der Waals surface area contributed by atoms with Gasteiger partial charge in [0.05, 0.1) is 12.5 Å². The minimum absolute atomic E-state index is 0.110. The van der Waals surface area contributed by atoms with Crippen molar-refractivity contribution in [2.75, 3.05) is 0 Å². The van der Waals surface area contributed by atoms with Gasteiger partial charge in [-0.1, -0.05) is 37.3 Å². The highest BCUT2D eigenvalue weighted by atomic mass is 16.4. The molecule has 2 N–H and O–H groups in total. The number of nitrogens with one attached hydrogen (secondary N) is 1. The monoisotopic (exact) mass is 249 g/mol. The second-order valence-electron chi connectivity index (χ2n) is 4.34. The van der Waals surface area contributed by atoms with Gasteiger partial charge in [-0.15, -0.1) is 0 Å². The summed E-state index contributed by atoms with van der Waals surface area (Å²) in [6.45, 7) is 3.71. The minimum Gasteiger partial charge on any atom is -0.481 e. The lowest BCUT2D eigenvalue weighted by atomic mass is 10.0. The molecule has 4 heteroatoms. The van der Waals surface area contributed by atoms with Crippen LogP contribution in [0.1, 0.15) is 38.3 Å². The third kappa shape index (κ3) is 4.20. The van der Waals surface area contributed by atoms with Gasteiger partial charge in [-0.25, -0.2) is 0 Å². The predicted molar refractivity (Wildman–Crippen MR) is 69.0 cm³/mol. The standard InChI is InChI=1S/C14H19NO3/c1-3-11(9-13(16)17)14(18)15-10(2)12-7-5-4-6-8-12/h4-8,10-11H,3,9H2,1-2H3,(H,15,18)(H,16,17). The van der Waals surface area contributed by atoms with Gasteiger partial charge in [0, 0.05) is 5.92 Å². The topological polar surface area (TPSA) is 66.4 Å². The Balaban J connectivity index is 2.60. The van der Waals surface area contributed by atoms with Gasteiger partial charge >= 0.3 is 5.97 Å². The summed E-state index contributed by atoms with van der Waals surface area (Å²) in [5, 5.41) is 11.6. The molecule has 0 saturated heterocycles. The van der Waals surface area contributed by atoms with Gasteiger partial charge in [-0.3, -0.25) is 9.59 Å². The molecule has 2 atom stereocenters. The Morgan fingerprint density at radius 2 is 1.89 bits per heavy atom. The second-order valence-corrected chi connectivity index (χ2v) is 4.34. The van der Waals surface area contributed by atoms with Crippen molar-refractivity contribution < 1.29 is 14.7 Å². The molecule has 1 aromatic rings. The van der Waals surface area contributed by atoms with Crippen LogP contribution < -0.4 is 5.32 Å². The molecule has 2 unspecified atom stereocenters. The first-order valence-electron chi connectivity index (χ1n) is 6.11. The van der Waals surface area contributed by atoms with E-state index in [2.05, 4.69) is 5.32 Å². The largest absolute Gasteiger partial charge is 0.481 e. The maximum atomic E-state index is 11.9. The number of carbonyl (C=O) groups excluding carboxylic acids is 1. The van der Waals surface area contributed by atoms with E-state index in [0.29, 0.717) is 6.42 Å². The van der Waals surface area contributed by atoms with Crippen LogP contribution in [0.4, 0.5) is 0 Å². The summed E-state index contributed by atoms with van der Waals surface area (Å²) >= 11 is 0. The molecule has 0 radical (unpaired) electrons. The van der Waals surface area contributed by atoms with Crippen LogP contribution in [0.25, 0.3) is 0 Å². The summed E-state index contributed by atoms with van der Waals surface area (Å²) in [5.74, 6) is -1.60. The summed E-state index contributed by atoms with van der Waals surface area (Å²) in [6.07, 6.45) is 0.406. The summed E-state index contributed by atoms with van der Waals surface area (Å²) in [5.41, 5.74) is 1.01. The van der Waals surface area contributed by atoms with Crippen molar-refractivity contribution in [2.45, 2.75) is 32.7 Å². The molecule has 0 heterocycles. The molecule has 4 nitrogen and oxygen atoms in total. The van der Waals surface area contributed by atoms with Crippen LogP contribution in [0.15, 0.2) is 30.3 Å². The lowest BCUT2D eigenvalue weighted by Gasteiger charge is -2.18. The Bertz CT molecular complexity index is 403. The van der Waals surface area contributed by atoms with Crippen molar-refractivity contribution in [3.8, 4) is 0 Å². The third-order valence-electron chi connectivity index (χ3n) is 2.94. The Kier molecular flexibility index (Phi) is 5.36. The number of amides is 1. The van der Waals surface area contributed by atoms with E-state index < -0.39 is 11.9 Å². The van der Waals surface area contributed by atoms with E-state index in [0.717, 1.165) is 5.56 Å². The fraction of sp³-hybridized carbons (Fsp3) is 0.429. The van der Waals surface area contributed by atoms with Crippen molar-refractivity contribution in [3.05, 3.63) is 35.9 Å². The third-order valence-corrected chi connectivity index (χ3v) is 2.94. The van der Waals surface area contributed by atoms with Crippen molar-refractivity contribution in [1.29, 1.82) is 0 Å². The summed E-state index contributed by atoms with van der Waals surface area (Å²) in [7, 11) is 0. The molecule has 0 aliphatic carbocycles. The zero-order chi connectivity index (χ0) is 13.5. The number of rotatable bonds is 6. The highest BCUT2D eigenvalue weighted by Crippen LogP contribution is 2.14. The predicted octanol–water partition coefficient (Wildman–Crippen LogP) is 2.36. The van der Waals surface area contributed by atoms with Crippen LogP contribution in [0, 0.1) is 5.92 Å². The van der Waals surface area contributed by atoms with Gasteiger partial charge in [0.2, 0.25) is 5.91 Å². The lowest BCUT2D eigenvalue weighted by Crippen LogP contribution is -2.33. The van der Waals surface area contributed by atoms with E-state index >= 15 is 0 Å². The second kappa shape index (κ2) is 6.79. The van der Waals surface area contributed by atoms with Gasteiger partial charge < -0.3 is 10.4 Å². The summed E-state index contributed by atoms with van der Waals surface area (Å²) in [6, 6.07) is 9.49. The maximum Gasteiger partial charge on any atom is 0.304 e. The molecule has 0 saturated carbocycles. The molecular weight excluding hydrogens is 230 g/mol. The van der Waals surface area contributed by atoms with Crippen LogP contribution in [-0.4, -0.2) is 17.0 Å². The van der Waals surface area contributed by atoms with Crippen LogP contribution in [0.2, 0.25) is 0 Å². The molecule has 1 aromatic carbocycles. The summed E-state index contributed by atoms with van der Waals surface area (Å²) < 4.78 is 0. The zero-order valence-corrected chi connectivity index (χ0v) is 10.7. The van der Waals surface area contributed by atoms with E-state index in [1.54, 1.807) is 0 Å². The Labute approximate surface area is 107 Å². The first kappa shape index (κ1) is 14.2. The van der Waals surface area contributed by atoms with Crippen molar-refractivity contribution >= 4 is 11.9 Å². The molecule has 0 spiro atoms. The number of carboxylic acids is 1. The fourth-order valence-electron chi connectivity index (χ4n) is 1.79. The molecule has 0 fully saturated rings. The van der Waals surface area contributed by atoms with Gasteiger partial charge in [0.15, 0.2) is 0 Å². The SMILES string of the molecule is CCC(CC(=O)O)C(=O)NC(C)c1ccccc1. The molecule has 0 aliphatic rings. The normalized spacial score (nSPS) is 13.7. The molecule has 0 aliphatic heterocycles. The highest BCUT2D eigenvalue weighted by Gasteiger charge is 2.21. The number of hydrogen-bond acceptors (Lipinski definition) is 2. The van der Waals surface area contributed by atoms with Crippen LogP contribution in [0.3, 0.4) is 0 Å². The first-order chi connectivity index (χ1) is 8.54. The molecule has 1 rings (SSSR count). The molecule has 0 bridgehead atoms. The first-order valence-corrected chi connectivity index (χ1v) is 6.11. The lowest BCUT2D eigenvalue weighted by molar-refractivity contribution is -0.141. The molecule has 18 heavy (non-hydrogen) atoms.